The van der Waals surface area contributed by atoms with E-state index in [1.807, 2.05) is 103 Å². The number of benzene rings is 8. The predicted octanol–water partition coefficient (Wildman–Crippen LogP) is 12.5. The predicted molar refractivity (Wildman–Crippen MR) is 282 cm³/mol. The molecule has 334 valence electrons. The van der Waals surface area contributed by atoms with Crippen molar-refractivity contribution >= 4 is 52.9 Å². The lowest BCUT2D eigenvalue weighted by Crippen LogP contribution is -2.29. The van der Waals surface area contributed by atoms with Gasteiger partial charge < -0.3 is 21.5 Å². The molecule has 0 saturated carbocycles. The second-order valence-electron chi connectivity index (χ2n) is 15.4. The van der Waals surface area contributed by atoms with Crippen LogP contribution in [0, 0.1) is 29.2 Å². The summed E-state index contributed by atoms with van der Waals surface area (Å²) in [4.78, 5) is 3.41. The van der Waals surface area contributed by atoms with Crippen LogP contribution in [0.15, 0.2) is 207 Å². The second kappa shape index (κ2) is 26.1. The highest BCUT2D eigenvalue weighted by Crippen LogP contribution is 2.25. The number of hydrogen-bond donors (Lipinski definition) is 4. The standard InChI is InChI=1S/C23H22N2.C21H14N2.C7H6BNO2.C7H6Cl2/c1-16(24)20-7-3-18(4-8-20)15-19-5-9-22(10-6-19)23-13-11-21(12-14-23)17(2)25;1-23-21-12-10-20(11-13-21)19-8-6-17(7-9-19)14-16-2-4-18(15-22)5-3-16;9-5-6-1-3-7(4-2-6)8(10)11;8-5-6-1-3-7(9)4-2-6/h3-14H,1-2,15,24-25H2;2-13H,14H2;1-4,10-11H;1-4H,5H2. The molecule has 0 radical (unpaired) electrons. The van der Waals surface area contributed by atoms with E-state index in [1.165, 1.54) is 57.6 Å². The molecule has 68 heavy (non-hydrogen) atoms. The maximum absolute atomic E-state index is 8.82. The van der Waals surface area contributed by atoms with E-state index in [4.69, 9.17) is 61.8 Å². The van der Waals surface area contributed by atoms with Gasteiger partial charge in [-0.3, -0.25) is 0 Å². The summed E-state index contributed by atoms with van der Waals surface area (Å²) in [5.74, 6) is 0.553. The highest BCUT2D eigenvalue weighted by Gasteiger charge is 2.09. The van der Waals surface area contributed by atoms with Crippen LogP contribution < -0.4 is 16.9 Å². The summed E-state index contributed by atoms with van der Waals surface area (Å²) in [5.41, 5.74) is 27.5. The van der Waals surface area contributed by atoms with Gasteiger partial charge in [0.1, 0.15) is 0 Å². The van der Waals surface area contributed by atoms with Crippen molar-refractivity contribution in [3.8, 4) is 34.4 Å². The van der Waals surface area contributed by atoms with Crippen LogP contribution >= 0.6 is 23.2 Å². The van der Waals surface area contributed by atoms with Crippen LogP contribution in [0.3, 0.4) is 0 Å². The monoisotopic (exact) mass is 927 g/mol. The maximum Gasteiger partial charge on any atom is 0.488 e. The second-order valence-corrected chi connectivity index (χ2v) is 16.1. The number of nitrogens with two attached hydrogens (primary N) is 2. The van der Waals surface area contributed by atoms with Gasteiger partial charge in [0.15, 0.2) is 5.69 Å². The van der Waals surface area contributed by atoms with Crippen molar-refractivity contribution in [1.29, 1.82) is 10.5 Å². The maximum atomic E-state index is 8.82. The first-order chi connectivity index (χ1) is 32.9. The van der Waals surface area contributed by atoms with E-state index < -0.39 is 7.12 Å². The van der Waals surface area contributed by atoms with Crippen LogP contribution in [0.2, 0.25) is 5.02 Å². The first-order valence-electron chi connectivity index (χ1n) is 21.3. The molecule has 8 rings (SSSR count). The van der Waals surface area contributed by atoms with Crippen molar-refractivity contribution in [2.45, 2.75) is 18.7 Å². The number of hydrogen-bond acceptors (Lipinski definition) is 6. The number of alkyl halides is 1. The minimum atomic E-state index is -1.46. The van der Waals surface area contributed by atoms with E-state index in [0.29, 0.717) is 39.6 Å². The molecule has 0 amide bonds. The molecule has 0 aromatic heterocycles. The summed E-state index contributed by atoms with van der Waals surface area (Å²) < 4.78 is 0. The van der Waals surface area contributed by atoms with E-state index in [0.717, 1.165) is 45.7 Å². The third kappa shape index (κ3) is 16.1. The van der Waals surface area contributed by atoms with Gasteiger partial charge in [0.25, 0.3) is 0 Å². The van der Waals surface area contributed by atoms with Crippen LogP contribution in [0.25, 0.3) is 38.5 Å². The first-order valence-corrected chi connectivity index (χ1v) is 22.2. The van der Waals surface area contributed by atoms with Gasteiger partial charge in [-0.25, -0.2) is 4.85 Å². The highest BCUT2D eigenvalue weighted by molar-refractivity contribution is 6.58. The third-order valence-corrected chi connectivity index (χ3v) is 11.0. The van der Waals surface area contributed by atoms with Crippen LogP contribution in [0.1, 0.15) is 50.1 Å². The van der Waals surface area contributed by atoms with Crippen LogP contribution in [0.4, 0.5) is 5.69 Å². The van der Waals surface area contributed by atoms with Crippen molar-refractivity contribution in [3.05, 3.63) is 274 Å². The molecule has 10 heteroatoms. The van der Waals surface area contributed by atoms with Gasteiger partial charge in [-0.2, -0.15) is 10.5 Å². The average molecular weight is 929 g/mol. The Labute approximate surface area is 409 Å². The minimum absolute atomic E-state index is 0.393. The van der Waals surface area contributed by atoms with Gasteiger partial charge in [0.2, 0.25) is 0 Å². The van der Waals surface area contributed by atoms with Crippen molar-refractivity contribution in [1.82, 2.24) is 0 Å². The molecule has 7 nitrogen and oxygen atoms in total. The lowest BCUT2D eigenvalue weighted by atomic mass is 9.80. The smallest absolute Gasteiger partial charge is 0.423 e. The molecule has 0 aliphatic carbocycles. The summed E-state index contributed by atoms with van der Waals surface area (Å²) in [7, 11) is -1.46. The first kappa shape index (κ1) is 50.9. The van der Waals surface area contributed by atoms with E-state index in [2.05, 4.69) is 96.9 Å². The molecular formula is C58H48BCl2N5O2. The van der Waals surface area contributed by atoms with E-state index in [-0.39, 0.29) is 0 Å². The molecule has 0 atom stereocenters. The Morgan fingerprint density at radius 1 is 0.500 bits per heavy atom. The molecule has 0 aliphatic heterocycles. The SMILES string of the molecule is C=C(N)c1ccc(Cc2ccc(-c3ccc(C(=C)N)cc3)cc2)cc1.ClCc1ccc(Cl)cc1.N#Cc1ccc(B(O)O)cc1.[C-]#[N+]c1ccc(-c2ccc(Cc3ccc(C#N)cc3)cc2)cc1. The van der Waals surface area contributed by atoms with Crippen LogP contribution in [0.5, 0.6) is 0 Å². The van der Waals surface area contributed by atoms with Gasteiger partial charge in [0, 0.05) is 22.3 Å². The third-order valence-electron chi connectivity index (χ3n) is 10.5. The van der Waals surface area contributed by atoms with Crippen LogP contribution in [-0.2, 0) is 18.7 Å². The molecule has 0 fully saturated rings. The number of nitriles is 2. The zero-order chi connectivity index (χ0) is 48.8. The Hall–Kier alpha value is -8.13. The van der Waals surface area contributed by atoms with E-state index in [1.54, 1.807) is 0 Å². The molecule has 0 unspecified atom stereocenters. The normalized spacial score (nSPS) is 9.84. The van der Waals surface area contributed by atoms with Crippen LogP contribution in [-0.4, -0.2) is 17.2 Å². The lowest BCUT2D eigenvalue weighted by molar-refractivity contribution is 0.426. The molecule has 0 spiro atoms. The fourth-order valence-electron chi connectivity index (χ4n) is 6.54. The summed E-state index contributed by atoms with van der Waals surface area (Å²) in [6.45, 7) is 14.5. The average Bonchev–Trinajstić information content (AvgIpc) is 3.38. The quantitative estimate of drug-likeness (QED) is 0.0611. The van der Waals surface area contributed by atoms with Crippen molar-refractivity contribution in [3.63, 3.8) is 0 Å². The molecule has 8 aromatic carbocycles. The van der Waals surface area contributed by atoms with Gasteiger partial charge in [0.05, 0.1) is 29.8 Å². The Morgan fingerprint density at radius 2 is 0.809 bits per heavy atom. The fourth-order valence-corrected chi connectivity index (χ4v) is 6.85. The van der Waals surface area contributed by atoms with Gasteiger partial charge >= 0.3 is 7.12 Å². The fraction of sp³-hybridized carbons (Fsp3) is 0.0517. The topological polar surface area (TPSA) is 144 Å². The number of nitrogens with zero attached hydrogens (tertiary/aromatic N) is 3. The zero-order valence-electron chi connectivity index (χ0n) is 37.2. The summed E-state index contributed by atoms with van der Waals surface area (Å²) >= 11 is 11.2. The molecule has 6 N–H and O–H groups in total. The van der Waals surface area contributed by atoms with Crippen molar-refractivity contribution < 1.29 is 10.0 Å². The van der Waals surface area contributed by atoms with Gasteiger partial charge in [-0.1, -0.05) is 182 Å². The summed E-state index contributed by atoms with van der Waals surface area (Å²) in [6.07, 6.45) is 1.74. The molecule has 0 heterocycles. The molecule has 8 aromatic rings. The van der Waals surface area contributed by atoms with E-state index in [9.17, 15) is 0 Å². The molecular weight excluding hydrogens is 880 g/mol. The van der Waals surface area contributed by atoms with Crippen molar-refractivity contribution in [2.75, 3.05) is 0 Å². The molecule has 0 saturated heterocycles. The largest absolute Gasteiger partial charge is 0.488 e. The Morgan fingerprint density at radius 3 is 1.15 bits per heavy atom. The summed E-state index contributed by atoms with van der Waals surface area (Å²) in [5, 5.41) is 35.3. The molecule has 0 aliphatic rings. The Balaban J connectivity index is 0.000000183. The summed E-state index contributed by atoms with van der Waals surface area (Å²) in [6, 6.07) is 66.4. The number of halogens is 2. The van der Waals surface area contributed by atoms with Gasteiger partial charge in [-0.15, -0.1) is 11.6 Å². The number of rotatable bonds is 10. The lowest BCUT2D eigenvalue weighted by Gasteiger charge is -2.07. The zero-order valence-corrected chi connectivity index (χ0v) is 38.7. The minimum Gasteiger partial charge on any atom is -0.423 e. The Bertz CT molecular complexity index is 2990. The highest BCUT2D eigenvalue weighted by atomic mass is 35.5. The Kier molecular flexibility index (Phi) is 19.5. The van der Waals surface area contributed by atoms with E-state index >= 15 is 0 Å². The van der Waals surface area contributed by atoms with Gasteiger partial charge in [-0.05, 0) is 116 Å². The molecule has 0 bridgehead atoms. The van der Waals surface area contributed by atoms with Crippen molar-refractivity contribution in [2.24, 2.45) is 11.5 Å².